The molecular formula is C12H23FN2O. The van der Waals surface area contributed by atoms with Gasteiger partial charge in [-0.15, -0.1) is 0 Å². The lowest BCUT2D eigenvalue weighted by Crippen LogP contribution is -2.60. The van der Waals surface area contributed by atoms with Crippen LogP contribution in [0.1, 0.15) is 20.8 Å². The first-order valence-corrected chi connectivity index (χ1v) is 6.16. The summed E-state index contributed by atoms with van der Waals surface area (Å²) in [6.45, 7) is 11.2. The second-order valence-electron chi connectivity index (χ2n) is 6.15. The fourth-order valence-electron chi connectivity index (χ4n) is 2.35. The van der Waals surface area contributed by atoms with Crippen molar-refractivity contribution in [2.75, 3.05) is 39.4 Å². The third-order valence-corrected chi connectivity index (χ3v) is 3.27. The zero-order valence-corrected chi connectivity index (χ0v) is 10.6. The Morgan fingerprint density at radius 2 is 1.94 bits per heavy atom. The number of hydrogen-bond acceptors (Lipinski definition) is 3. The van der Waals surface area contributed by atoms with Crippen LogP contribution in [0.2, 0.25) is 0 Å². The number of hydrogen-bond donors (Lipinski definition) is 0. The highest BCUT2D eigenvalue weighted by Crippen LogP contribution is 2.22. The van der Waals surface area contributed by atoms with E-state index >= 15 is 0 Å². The van der Waals surface area contributed by atoms with E-state index in [1.54, 1.807) is 0 Å². The Kier molecular flexibility index (Phi) is 3.52. The molecule has 2 heterocycles. The van der Waals surface area contributed by atoms with Crippen molar-refractivity contribution < 1.29 is 9.13 Å². The highest BCUT2D eigenvalue weighted by atomic mass is 19.1. The minimum Gasteiger partial charge on any atom is -0.378 e. The number of halogens is 1. The van der Waals surface area contributed by atoms with Gasteiger partial charge in [0.05, 0.1) is 19.3 Å². The Morgan fingerprint density at radius 3 is 2.38 bits per heavy atom. The van der Waals surface area contributed by atoms with Crippen LogP contribution in [0.25, 0.3) is 0 Å². The van der Waals surface area contributed by atoms with Gasteiger partial charge in [0.1, 0.15) is 0 Å². The molecule has 0 radical (unpaired) electrons. The predicted molar refractivity (Wildman–Crippen MR) is 62.1 cm³/mol. The normalized spacial score (nSPS) is 30.4. The molecule has 2 aliphatic heterocycles. The van der Waals surface area contributed by atoms with E-state index in [0.717, 1.165) is 32.8 Å². The van der Waals surface area contributed by atoms with E-state index in [-0.39, 0.29) is 5.41 Å². The van der Waals surface area contributed by atoms with Gasteiger partial charge in [0, 0.05) is 26.2 Å². The molecule has 0 amide bonds. The van der Waals surface area contributed by atoms with Crippen LogP contribution in [0.4, 0.5) is 4.39 Å². The molecular weight excluding hydrogens is 207 g/mol. The van der Waals surface area contributed by atoms with Crippen LogP contribution in [-0.2, 0) is 4.74 Å². The second-order valence-corrected chi connectivity index (χ2v) is 6.15. The first-order chi connectivity index (χ1) is 7.46. The van der Waals surface area contributed by atoms with Crippen LogP contribution in [0.5, 0.6) is 0 Å². The van der Waals surface area contributed by atoms with Gasteiger partial charge in [-0.2, -0.15) is 0 Å². The monoisotopic (exact) mass is 230 g/mol. The topological polar surface area (TPSA) is 15.7 Å². The van der Waals surface area contributed by atoms with Crippen LogP contribution in [0, 0.1) is 5.41 Å². The number of rotatable bonds is 2. The molecule has 2 saturated heterocycles. The molecule has 4 heteroatoms. The molecule has 16 heavy (non-hydrogen) atoms. The van der Waals surface area contributed by atoms with E-state index in [1.807, 2.05) is 4.90 Å². The fraction of sp³-hybridized carbons (Fsp3) is 1.00. The van der Waals surface area contributed by atoms with Gasteiger partial charge < -0.3 is 4.74 Å². The summed E-state index contributed by atoms with van der Waals surface area (Å²) in [6.07, 6.45) is -0.812. The zero-order valence-electron chi connectivity index (χ0n) is 10.6. The van der Waals surface area contributed by atoms with Crippen molar-refractivity contribution in [1.82, 2.24) is 9.80 Å². The lowest BCUT2D eigenvalue weighted by atomic mass is 9.95. The number of alkyl halides is 1. The molecule has 0 aromatic carbocycles. The molecule has 94 valence electrons. The van der Waals surface area contributed by atoms with Gasteiger partial charge in [0.15, 0.2) is 6.30 Å². The Labute approximate surface area is 97.5 Å². The summed E-state index contributed by atoms with van der Waals surface area (Å²) in [4.78, 5) is 4.20. The van der Waals surface area contributed by atoms with Gasteiger partial charge in [-0.25, -0.2) is 4.39 Å². The summed E-state index contributed by atoms with van der Waals surface area (Å²) >= 11 is 0. The molecule has 1 atom stereocenters. The minimum absolute atomic E-state index is 0.173. The van der Waals surface area contributed by atoms with Crippen molar-refractivity contribution >= 4 is 0 Å². The van der Waals surface area contributed by atoms with Crippen molar-refractivity contribution in [3.8, 4) is 0 Å². The van der Waals surface area contributed by atoms with E-state index in [9.17, 15) is 4.39 Å². The lowest BCUT2D eigenvalue weighted by molar-refractivity contribution is -0.106. The van der Waals surface area contributed by atoms with Crippen molar-refractivity contribution in [3.63, 3.8) is 0 Å². The molecule has 0 aromatic rings. The molecule has 3 nitrogen and oxygen atoms in total. The van der Waals surface area contributed by atoms with Crippen LogP contribution in [0.15, 0.2) is 0 Å². The highest BCUT2D eigenvalue weighted by Gasteiger charge is 2.34. The molecule has 2 rings (SSSR count). The van der Waals surface area contributed by atoms with Gasteiger partial charge in [-0.1, -0.05) is 20.8 Å². The maximum Gasteiger partial charge on any atom is 0.166 e. The summed E-state index contributed by atoms with van der Waals surface area (Å²) in [5.74, 6) is 0. The van der Waals surface area contributed by atoms with E-state index in [4.69, 9.17) is 4.74 Å². The van der Waals surface area contributed by atoms with Gasteiger partial charge >= 0.3 is 0 Å². The van der Waals surface area contributed by atoms with Crippen molar-refractivity contribution in [1.29, 1.82) is 0 Å². The third-order valence-electron chi connectivity index (χ3n) is 3.27. The molecule has 0 saturated carbocycles. The molecule has 2 aliphatic rings. The Balaban J connectivity index is 1.82. The molecule has 0 aliphatic carbocycles. The van der Waals surface area contributed by atoms with Crippen LogP contribution in [-0.4, -0.2) is 61.5 Å². The van der Waals surface area contributed by atoms with Crippen LogP contribution in [0.3, 0.4) is 0 Å². The van der Waals surface area contributed by atoms with Crippen LogP contribution < -0.4 is 0 Å². The van der Waals surface area contributed by atoms with Gasteiger partial charge in [-0.05, 0) is 5.41 Å². The van der Waals surface area contributed by atoms with E-state index < -0.39 is 6.30 Å². The quantitative estimate of drug-likeness (QED) is 0.666. The first-order valence-electron chi connectivity index (χ1n) is 6.16. The van der Waals surface area contributed by atoms with Crippen molar-refractivity contribution in [3.05, 3.63) is 0 Å². The SMILES string of the molecule is CC(C)(C)CN1CCN(C2COC2)CC1F. The first kappa shape index (κ1) is 12.3. The standard InChI is InChI=1S/C12H23FN2O/c1-12(2,3)9-15-5-4-14(6-11(15)13)10-7-16-8-10/h10-11H,4-9H2,1-3H3. The van der Waals surface area contributed by atoms with Gasteiger partial charge in [-0.3, -0.25) is 9.80 Å². The second kappa shape index (κ2) is 4.59. The maximum absolute atomic E-state index is 14.0. The van der Waals surface area contributed by atoms with Crippen LogP contribution >= 0.6 is 0 Å². The lowest BCUT2D eigenvalue weighted by Gasteiger charge is -2.45. The average molecular weight is 230 g/mol. The average Bonchev–Trinajstić information content (AvgIpc) is 2.04. The van der Waals surface area contributed by atoms with E-state index in [0.29, 0.717) is 12.6 Å². The summed E-state index contributed by atoms with van der Waals surface area (Å²) < 4.78 is 19.1. The smallest absolute Gasteiger partial charge is 0.166 e. The molecule has 0 aromatic heterocycles. The number of piperazine rings is 1. The third kappa shape index (κ3) is 2.93. The highest BCUT2D eigenvalue weighted by molar-refractivity contribution is 4.85. The molecule has 0 N–H and O–H groups in total. The van der Waals surface area contributed by atoms with E-state index in [2.05, 4.69) is 25.7 Å². The Hall–Kier alpha value is -0.190. The molecule has 0 spiro atoms. The van der Waals surface area contributed by atoms with Gasteiger partial charge in [0.25, 0.3) is 0 Å². The zero-order chi connectivity index (χ0) is 11.8. The number of ether oxygens (including phenoxy) is 1. The summed E-state index contributed by atoms with van der Waals surface area (Å²) in [7, 11) is 0. The van der Waals surface area contributed by atoms with E-state index in [1.165, 1.54) is 0 Å². The molecule has 2 fully saturated rings. The predicted octanol–water partition coefficient (Wildman–Crippen LogP) is 1.34. The van der Waals surface area contributed by atoms with Crippen molar-refractivity contribution in [2.45, 2.75) is 33.1 Å². The Bertz CT molecular complexity index is 238. The van der Waals surface area contributed by atoms with Gasteiger partial charge in [0.2, 0.25) is 0 Å². The van der Waals surface area contributed by atoms with Crippen molar-refractivity contribution in [2.24, 2.45) is 5.41 Å². The molecule has 1 unspecified atom stereocenters. The molecule has 0 bridgehead atoms. The summed E-state index contributed by atoms with van der Waals surface area (Å²) in [5.41, 5.74) is 0.173. The summed E-state index contributed by atoms with van der Waals surface area (Å²) in [6, 6.07) is 0.468. The maximum atomic E-state index is 14.0. The Morgan fingerprint density at radius 1 is 1.25 bits per heavy atom. The number of nitrogens with zero attached hydrogens (tertiary/aromatic N) is 2. The summed E-state index contributed by atoms with van der Waals surface area (Å²) in [5, 5.41) is 0. The minimum atomic E-state index is -0.812. The largest absolute Gasteiger partial charge is 0.378 e. The fourth-order valence-corrected chi connectivity index (χ4v) is 2.35.